The second-order valence-electron chi connectivity index (χ2n) is 7.61. The first-order valence-electron chi connectivity index (χ1n) is 9.66. The lowest BCUT2D eigenvalue weighted by molar-refractivity contribution is -0.0447. The largest absolute Gasteiger partial charge is 0.379 e. The van der Waals surface area contributed by atoms with Crippen LogP contribution in [0.25, 0.3) is 0 Å². The molecule has 148 valence electrons. The maximum absolute atomic E-state index is 12.6. The number of hydrogen-bond donors (Lipinski definition) is 1. The molecule has 0 unspecified atom stereocenters. The Hall–Kier alpha value is -2.74. The summed E-state index contributed by atoms with van der Waals surface area (Å²) in [5.74, 6) is 0.0263. The van der Waals surface area contributed by atoms with Crippen molar-refractivity contribution in [1.29, 1.82) is 0 Å². The first-order chi connectivity index (χ1) is 13.6. The van der Waals surface area contributed by atoms with Gasteiger partial charge in [0.25, 0.3) is 11.8 Å². The predicted molar refractivity (Wildman–Crippen MR) is 102 cm³/mol. The molecule has 1 spiro atoms. The standard InChI is InChI=1S/C20H25N5O3/c1-24-14-21-17(23-24)19(27)25-10-7-20(8-11-25)9-12-28-13-16(20)22-18(26)15-5-3-2-4-6-15/h2-6,14,16H,7-13H2,1H3,(H,22,26)/t16-/m0/s1. The number of ether oxygens (including phenoxy) is 1. The van der Waals surface area contributed by atoms with Gasteiger partial charge in [0.05, 0.1) is 12.6 Å². The van der Waals surface area contributed by atoms with E-state index in [1.54, 1.807) is 7.05 Å². The zero-order chi connectivity index (χ0) is 19.6. The molecule has 28 heavy (non-hydrogen) atoms. The van der Waals surface area contributed by atoms with Crippen LogP contribution in [0, 0.1) is 5.41 Å². The summed E-state index contributed by atoms with van der Waals surface area (Å²) in [5, 5.41) is 7.29. The molecule has 2 amide bonds. The fourth-order valence-corrected chi connectivity index (χ4v) is 4.19. The summed E-state index contributed by atoms with van der Waals surface area (Å²) >= 11 is 0. The molecule has 2 aromatic rings. The van der Waals surface area contributed by atoms with E-state index in [0.717, 1.165) is 19.3 Å². The predicted octanol–water partition coefficient (Wildman–Crippen LogP) is 1.26. The molecule has 3 heterocycles. The van der Waals surface area contributed by atoms with Gasteiger partial charge in [0.2, 0.25) is 5.82 Å². The minimum absolute atomic E-state index is 0.0446. The van der Waals surface area contributed by atoms with Gasteiger partial charge in [-0.2, -0.15) is 0 Å². The van der Waals surface area contributed by atoms with Gasteiger partial charge in [0, 0.05) is 32.3 Å². The molecule has 8 heteroatoms. The lowest BCUT2D eigenvalue weighted by Gasteiger charge is -2.48. The van der Waals surface area contributed by atoms with E-state index in [-0.39, 0.29) is 29.1 Å². The summed E-state index contributed by atoms with van der Waals surface area (Å²) in [6, 6.07) is 9.18. The zero-order valence-electron chi connectivity index (χ0n) is 16.0. The molecule has 0 bridgehead atoms. The second kappa shape index (κ2) is 7.71. The Morgan fingerprint density at radius 2 is 1.93 bits per heavy atom. The molecule has 1 N–H and O–H groups in total. The maximum Gasteiger partial charge on any atom is 0.293 e. The minimum atomic E-state index is -0.132. The fraction of sp³-hybridized carbons (Fsp3) is 0.500. The first-order valence-corrected chi connectivity index (χ1v) is 9.66. The molecule has 0 aliphatic carbocycles. The van der Waals surface area contributed by atoms with Gasteiger partial charge in [-0.15, -0.1) is 5.10 Å². The van der Waals surface area contributed by atoms with Crippen molar-refractivity contribution in [3.05, 3.63) is 48.0 Å². The van der Waals surface area contributed by atoms with E-state index < -0.39 is 0 Å². The van der Waals surface area contributed by atoms with Crippen LogP contribution in [0.2, 0.25) is 0 Å². The molecule has 0 radical (unpaired) electrons. The average molecular weight is 383 g/mol. The number of aromatic nitrogens is 3. The fourth-order valence-electron chi connectivity index (χ4n) is 4.19. The molecule has 4 rings (SSSR count). The quantitative estimate of drug-likeness (QED) is 0.862. The van der Waals surface area contributed by atoms with Crippen molar-refractivity contribution < 1.29 is 14.3 Å². The summed E-state index contributed by atoms with van der Waals surface area (Å²) < 4.78 is 7.21. The summed E-state index contributed by atoms with van der Waals surface area (Å²) in [6.07, 6.45) is 4.08. The van der Waals surface area contributed by atoms with E-state index in [2.05, 4.69) is 15.4 Å². The van der Waals surface area contributed by atoms with Crippen molar-refractivity contribution in [2.24, 2.45) is 12.5 Å². The SMILES string of the molecule is Cn1cnc(C(=O)N2CCC3(CCOC[C@@H]3NC(=O)c3ccccc3)CC2)n1. The molecule has 2 fully saturated rings. The number of aryl methyl sites for hydroxylation is 1. The highest BCUT2D eigenvalue weighted by Gasteiger charge is 2.45. The Kier molecular flexibility index (Phi) is 5.13. The van der Waals surface area contributed by atoms with Gasteiger partial charge in [-0.1, -0.05) is 18.2 Å². The second-order valence-corrected chi connectivity index (χ2v) is 7.61. The first kappa shape index (κ1) is 18.6. The van der Waals surface area contributed by atoms with E-state index in [4.69, 9.17) is 4.74 Å². The highest BCUT2D eigenvalue weighted by atomic mass is 16.5. The Morgan fingerprint density at radius 1 is 1.18 bits per heavy atom. The number of carbonyl (C=O) groups is 2. The molecular weight excluding hydrogens is 358 g/mol. The maximum atomic E-state index is 12.6. The number of likely N-dealkylation sites (tertiary alicyclic amines) is 1. The van der Waals surface area contributed by atoms with Gasteiger partial charge in [-0.3, -0.25) is 14.3 Å². The number of benzene rings is 1. The Morgan fingerprint density at radius 3 is 2.61 bits per heavy atom. The van der Waals surface area contributed by atoms with Crippen molar-refractivity contribution in [2.45, 2.75) is 25.3 Å². The van der Waals surface area contributed by atoms with Gasteiger partial charge < -0.3 is 15.0 Å². The lowest BCUT2D eigenvalue weighted by atomic mass is 9.69. The smallest absolute Gasteiger partial charge is 0.293 e. The third kappa shape index (κ3) is 3.64. The molecule has 2 aliphatic rings. The van der Waals surface area contributed by atoms with Gasteiger partial charge in [-0.05, 0) is 36.8 Å². The van der Waals surface area contributed by atoms with Crippen LogP contribution in [0.1, 0.15) is 40.2 Å². The van der Waals surface area contributed by atoms with Crippen LogP contribution >= 0.6 is 0 Å². The van der Waals surface area contributed by atoms with Crippen molar-refractivity contribution in [1.82, 2.24) is 25.0 Å². The summed E-state index contributed by atoms with van der Waals surface area (Å²) in [7, 11) is 1.75. The van der Waals surface area contributed by atoms with Crippen LogP contribution in [0.4, 0.5) is 0 Å². The number of rotatable bonds is 3. The monoisotopic (exact) mass is 383 g/mol. The molecule has 1 aromatic carbocycles. The third-order valence-electron chi connectivity index (χ3n) is 5.95. The van der Waals surface area contributed by atoms with Gasteiger partial charge >= 0.3 is 0 Å². The number of nitrogens with one attached hydrogen (secondary N) is 1. The lowest BCUT2D eigenvalue weighted by Crippen LogP contribution is -2.58. The van der Waals surface area contributed by atoms with Crippen molar-refractivity contribution in [3.8, 4) is 0 Å². The number of nitrogens with zero attached hydrogens (tertiary/aromatic N) is 4. The zero-order valence-corrected chi connectivity index (χ0v) is 16.0. The van der Waals surface area contributed by atoms with E-state index in [9.17, 15) is 9.59 Å². The van der Waals surface area contributed by atoms with E-state index in [1.165, 1.54) is 11.0 Å². The van der Waals surface area contributed by atoms with E-state index >= 15 is 0 Å². The number of hydrogen-bond acceptors (Lipinski definition) is 5. The number of piperidine rings is 1. The van der Waals surface area contributed by atoms with Crippen LogP contribution in [-0.4, -0.2) is 63.8 Å². The van der Waals surface area contributed by atoms with Crippen molar-refractivity contribution in [3.63, 3.8) is 0 Å². The molecule has 0 saturated carbocycles. The summed E-state index contributed by atoms with van der Waals surface area (Å²) in [6.45, 7) is 2.46. The summed E-state index contributed by atoms with van der Waals surface area (Å²) in [5.41, 5.74) is 0.605. The Labute approximate surface area is 163 Å². The van der Waals surface area contributed by atoms with E-state index in [0.29, 0.717) is 31.9 Å². The Bertz CT molecular complexity index is 843. The minimum Gasteiger partial charge on any atom is -0.379 e. The van der Waals surface area contributed by atoms with Crippen LogP contribution in [-0.2, 0) is 11.8 Å². The molecule has 2 aliphatic heterocycles. The number of amides is 2. The highest BCUT2D eigenvalue weighted by Crippen LogP contribution is 2.41. The van der Waals surface area contributed by atoms with Gasteiger partial charge in [-0.25, -0.2) is 4.98 Å². The average Bonchev–Trinajstić information content (AvgIpc) is 3.17. The van der Waals surface area contributed by atoms with Crippen LogP contribution in [0.5, 0.6) is 0 Å². The molecule has 1 aromatic heterocycles. The van der Waals surface area contributed by atoms with Gasteiger partial charge in [0.15, 0.2) is 0 Å². The molecule has 2 saturated heterocycles. The van der Waals surface area contributed by atoms with Crippen molar-refractivity contribution in [2.75, 3.05) is 26.3 Å². The third-order valence-corrected chi connectivity index (χ3v) is 5.95. The molecule has 1 atom stereocenters. The molecule has 8 nitrogen and oxygen atoms in total. The Balaban J connectivity index is 1.43. The van der Waals surface area contributed by atoms with Crippen LogP contribution in [0.15, 0.2) is 36.7 Å². The summed E-state index contributed by atoms with van der Waals surface area (Å²) in [4.78, 5) is 31.1. The normalized spacial score (nSPS) is 21.5. The number of carbonyl (C=O) groups excluding carboxylic acids is 2. The highest BCUT2D eigenvalue weighted by molar-refractivity contribution is 5.94. The van der Waals surface area contributed by atoms with Gasteiger partial charge in [0.1, 0.15) is 6.33 Å². The topological polar surface area (TPSA) is 89.4 Å². The molecular formula is C20H25N5O3. The van der Waals surface area contributed by atoms with Crippen molar-refractivity contribution >= 4 is 11.8 Å². The van der Waals surface area contributed by atoms with E-state index in [1.807, 2.05) is 35.2 Å². The van der Waals surface area contributed by atoms with Crippen LogP contribution < -0.4 is 5.32 Å². The van der Waals surface area contributed by atoms with Crippen LogP contribution in [0.3, 0.4) is 0 Å².